The molecule has 1 saturated heterocycles. The molecule has 2 heterocycles. The third-order valence-electron chi connectivity index (χ3n) is 4.23. The van der Waals surface area contributed by atoms with E-state index in [9.17, 15) is 9.18 Å². The van der Waals surface area contributed by atoms with Gasteiger partial charge >= 0.3 is 0 Å². The van der Waals surface area contributed by atoms with Crippen LogP contribution in [-0.2, 0) is 11.3 Å². The molecule has 1 aromatic carbocycles. The first kappa shape index (κ1) is 16.6. The van der Waals surface area contributed by atoms with Crippen molar-refractivity contribution in [1.82, 2.24) is 9.88 Å². The summed E-state index contributed by atoms with van der Waals surface area (Å²) in [5, 5.41) is 0. The molecule has 24 heavy (non-hydrogen) atoms. The van der Waals surface area contributed by atoms with Crippen LogP contribution in [0.25, 0.3) is 0 Å². The molecule has 3 rings (SSSR count). The maximum atomic E-state index is 13.1. The van der Waals surface area contributed by atoms with Crippen molar-refractivity contribution in [3.8, 4) is 0 Å². The lowest BCUT2D eigenvalue weighted by atomic mass is 10.1. The van der Waals surface area contributed by atoms with Crippen molar-refractivity contribution in [2.24, 2.45) is 0 Å². The zero-order valence-electron chi connectivity index (χ0n) is 13.7. The Hall–Kier alpha value is -2.27. The van der Waals surface area contributed by atoms with Crippen LogP contribution < -0.4 is 0 Å². The molecule has 0 bridgehead atoms. The number of hydrogen-bond donors (Lipinski definition) is 0. The van der Waals surface area contributed by atoms with Crippen LogP contribution in [-0.4, -0.2) is 35.0 Å². The largest absolute Gasteiger partial charge is 0.376 e. The molecule has 126 valence electrons. The first-order chi connectivity index (χ1) is 11.6. The van der Waals surface area contributed by atoms with Crippen molar-refractivity contribution in [2.75, 3.05) is 13.2 Å². The van der Waals surface area contributed by atoms with E-state index >= 15 is 0 Å². The molecule has 1 aromatic heterocycles. The summed E-state index contributed by atoms with van der Waals surface area (Å²) >= 11 is 0. The topological polar surface area (TPSA) is 42.4 Å². The average Bonchev–Trinajstić information content (AvgIpc) is 3.09. The summed E-state index contributed by atoms with van der Waals surface area (Å²) in [6.07, 6.45) is 3.65. The van der Waals surface area contributed by atoms with Crippen molar-refractivity contribution >= 4 is 5.91 Å². The van der Waals surface area contributed by atoms with Crippen LogP contribution in [0.15, 0.2) is 42.6 Å². The van der Waals surface area contributed by atoms with Gasteiger partial charge in [-0.1, -0.05) is 18.2 Å². The minimum atomic E-state index is -0.281. The van der Waals surface area contributed by atoms with Gasteiger partial charge in [0.15, 0.2) is 0 Å². The summed E-state index contributed by atoms with van der Waals surface area (Å²) in [7, 11) is 0. The first-order valence-electron chi connectivity index (χ1n) is 8.20. The molecule has 1 fully saturated rings. The lowest BCUT2D eigenvalue weighted by molar-refractivity contribution is 0.0502. The maximum Gasteiger partial charge on any atom is 0.273 e. The van der Waals surface area contributed by atoms with Crippen LogP contribution in [0.1, 0.15) is 34.5 Å². The van der Waals surface area contributed by atoms with Crippen LogP contribution in [0.3, 0.4) is 0 Å². The zero-order chi connectivity index (χ0) is 16.9. The van der Waals surface area contributed by atoms with Crippen LogP contribution in [0.5, 0.6) is 0 Å². The van der Waals surface area contributed by atoms with Crippen molar-refractivity contribution in [3.05, 3.63) is 65.2 Å². The summed E-state index contributed by atoms with van der Waals surface area (Å²) in [6, 6.07) is 9.93. The molecule has 4 nitrogen and oxygen atoms in total. The van der Waals surface area contributed by atoms with Crippen molar-refractivity contribution in [3.63, 3.8) is 0 Å². The molecule has 1 amide bonds. The lowest BCUT2D eigenvalue weighted by Crippen LogP contribution is -2.37. The number of carbonyl (C=O) groups excluding carboxylic acids is 1. The van der Waals surface area contributed by atoms with Gasteiger partial charge in [0.2, 0.25) is 0 Å². The monoisotopic (exact) mass is 328 g/mol. The van der Waals surface area contributed by atoms with Crippen LogP contribution in [0.2, 0.25) is 0 Å². The van der Waals surface area contributed by atoms with Gasteiger partial charge in [0, 0.05) is 25.9 Å². The fourth-order valence-corrected chi connectivity index (χ4v) is 2.92. The van der Waals surface area contributed by atoms with Gasteiger partial charge in [0.05, 0.1) is 6.10 Å². The number of benzene rings is 1. The van der Waals surface area contributed by atoms with E-state index in [0.29, 0.717) is 18.8 Å². The molecule has 5 heteroatoms. The van der Waals surface area contributed by atoms with Gasteiger partial charge in [-0.3, -0.25) is 9.78 Å². The van der Waals surface area contributed by atoms with Crippen LogP contribution >= 0.6 is 0 Å². The number of ether oxygens (including phenoxy) is 1. The molecular formula is C19H21FN2O2. The van der Waals surface area contributed by atoms with Crippen molar-refractivity contribution < 1.29 is 13.9 Å². The van der Waals surface area contributed by atoms with Gasteiger partial charge in [0.1, 0.15) is 11.5 Å². The quantitative estimate of drug-likeness (QED) is 0.845. The second-order valence-corrected chi connectivity index (χ2v) is 6.12. The third kappa shape index (κ3) is 3.97. The predicted octanol–water partition coefficient (Wildman–Crippen LogP) is 3.35. The second kappa shape index (κ2) is 7.53. The van der Waals surface area contributed by atoms with E-state index in [4.69, 9.17) is 4.74 Å². The highest BCUT2D eigenvalue weighted by atomic mass is 19.1. The molecular weight excluding hydrogens is 307 g/mol. The zero-order valence-corrected chi connectivity index (χ0v) is 13.7. The predicted molar refractivity (Wildman–Crippen MR) is 89.1 cm³/mol. The van der Waals surface area contributed by atoms with E-state index in [-0.39, 0.29) is 17.8 Å². The number of pyridine rings is 1. The molecule has 1 aliphatic heterocycles. The molecule has 0 N–H and O–H groups in total. The molecule has 0 spiro atoms. The van der Waals surface area contributed by atoms with E-state index in [2.05, 4.69) is 4.98 Å². The first-order valence-corrected chi connectivity index (χ1v) is 8.20. The van der Waals surface area contributed by atoms with Gasteiger partial charge < -0.3 is 9.64 Å². The third-order valence-corrected chi connectivity index (χ3v) is 4.23. The molecule has 1 atom stereocenters. The number of halogens is 1. The standard InChI is InChI=1S/C19H21FN2O2/c1-14-4-2-10-21-18(14)19(23)22(13-17-5-3-11-24-17)12-15-6-8-16(20)9-7-15/h2,4,6-10,17H,3,5,11-13H2,1H3. The number of nitrogens with zero attached hydrogens (tertiary/aromatic N) is 2. The van der Waals surface area contributed by atoms with Crippen LogP contribution in [0.4, 0.5) is 4.39 Å². The fourth-order valence-electron chi connectivity index (χ4n) is 2.92. The van der Waals surface area contributed by atoms with E-state index < -0.39 is 0 Å². The van der Waals surface area contributed by atoms with E-state index in [1.165, 1.54) is 12.1 Å². The van der Waals surface area contributed by atoms with E-state index in [1.54, 1.807) is 23.2 Å². The summed E-state index contributed by atoms with van der Waals surface area (Å²) in [6.45, 7) is 3.55. The van der Waals surface area contributed by atoms with Gasteiger partial charge in [-0.05, 0) is 49.1 Å². The van der Waals surface area contributed by atoms with Gasteiger partial charge in [-0.25, -0.2) is 4.39 Å². The Morgan fingerprint density at radius 2 is 2.12 bits per heavy atom. The van der Waals surface area contributed by atoms with E-state index in [0.717, 1.165) is 30.6 Å². The Morgan fingerprint density at radius 3 is 2.79 bits per heavy atom. The molecule has 2 aromatic rings. The fraction of sp³-hybridized carbons (Fsp3) is 0.368. The van der Waals surface area contributed by atoms with Gasteiger partial charge in [-0.15, -0.1) is 0 Å². The lowest BCUT2D eigenvalue weighted by Gasteiger charge is -2.26. The maximum absolute atomic E-state index is 13.1. The summed E-state index contributed by atoms with van der Waals surface area (Å²) in [5.41, 5.74) is 2.19. The molecule has 1 aliphatic rings. The normalized spacial score (nSPS) is 17.0. The van der Waals surface area contributed by atoms with Crippen molar-refractivity contribution in [1.29, 1.82) is 0 Å². The number of aryl methyl sites for hydroxylation is 1. The van der Waals surface area contributed by atoms with Gasteiger partial charge in [0.25, 0.3) is 5.91 Å². The number of amides is 1. The summed E-state index contributed by atoms with van der Waals surface area (Å²) < 4.78 is 18.8. The highest BCUT2D eigenvalue weighted by molar-refractivity contribution is 5.93. The van der Waals surface area contributed by atoms with Crippen molar-refractivity contribution in [2.45, 2.75) is 32.4 Å². The number of aromatic nitrogens is 1. The minimum absolute atomic E-state index is 0.0541. The molecule has 0 saturated carbocycles. The molecule has 0 radical (unpaired) electrons. The number of hydrogen-bond acceptors (Lipinski definition) is 3. The minimum Gasteiger partial charge on any atom is -0.376 e. The number of rotatable bonds is 5. The Bertz CT molecular complexity index is 697. The second-order valence-electron chi connectivity index (χ2n) is 6.12. The summed E-state index contributed by atoms with van der Waals surface area (Å²) in [4.78, 5) is 18.9. The molecule has 1 unspecified atom stereocenters. The van der Waals surface area contributed by atoms with Gasteiger partial charge in [-0.2, -0.15) is 0 Å². The average molecular weight is 328 g/mol. The smallest absolute Gasteiger partial charge is 0.273 e. The SMILES string of the molecule is Cc1cccnc1C(=O)N(Cc1ccc(F)cc1)CC1CCCO1. The highest BCUT2D eigenvalue weighted by Gasteiger charge is 2.25. The summed E-state index contributed by atoms with van der Waals surface area (Å²) in [5.74, 6) is -0.399. The highest BCUT2D eigenvalue weighted by Crippen LogP contribution is 2.18. The van der Waals surface area contributed by atoms with E-state index in [1.807, 2.05) is 19.1 Å². The number of carbonyl (C=O) groups is 1. The Morgan fingerprint density at radius 1 is 1.33 bits per heavy atom. The van der Waals surface area contributed by atoms with Crippen LogP contribution in [0, 0.1) is 12.7 Å². The molecule has 0 aliphatic carbocycles. The Balaban J connectivity index is 1.81. The Kier molecular flexibility index (Phi) is 5.20. The Labute approximate surface area is 141 Å².